The van der Waals surface area contributed by atoms with Crippen LogP contribution in [0.2, 0.25) is 0 Å². The first-order valence-corrected chi connectivity index (χ1v) is 24.7. The Labute approximate surface area is 423 Å². The van der Waals surface area contributed by atoms with E-state index in [1.807, 2.05) is 54.6 Å². The molecule has 1 aromatic heterocycles. The average Bonchev–Trinajstić information content (AvgIpc) is 3.77. The van der Waals surface area contributed by atoms with Gasteiger partial charge >= 0.3 is 0 Å². The van der Waals surface area contributed by atoms with Crippen molar-refractivity contribution in [2.75, 3.05) is 24.7 Å². The average molecular weight is 1020 g/mol. The van der Waals surface area contributed by atoms with Gasteiger partial charge in [-0.25, -0.2) is 0 Å². The number of nitrogens with two attached hydrogens (primary N) is 2. The monoisotopic (exact) mass is 1020 g/mol. The zero-order valence-electron chi connectivity index (χ0n) is 39.8. The number of hydrogen-bond acceptors (Lipinski definition) is 14. The van der Waals surface area contributed by atoms with Gasteiger partial charge in [0.2, 0.25) is 41.4 Å². The number of aromatic amines is 1. The molecule has 0 saturated carbocycles. The second kappa shape index (κ2) is 29.4. The van der Waals surface area contributed by atoms with Crippen LogP contribution < -0.4 is 48.7 Å². The molecule has 71 heavy (non-hydrogen) atoms. The molecule has 3 aromatic carbocycles. The number of H-pyrrole nitrogens is 1. The van der Waals surface area contributed by atoms with Crippen molar-refractivity contribution in [3.05, 3.63) is 108 Å². The van der Waals surface area contributed by atoms with Gasteiger partial charge in [0, 0.05) is 41.4 Å². The summed E-state index contributed by atoms with van der Waals surface area (Å²) in [6.45, 7) is 2.25. The summed E-state index contributed by atoms with van der Waals surface area (Å²) in [6.07, 6.45) is -0.0947. The Balaban J connectivity index is 1.61. The fourth-order valence-electron chi connectivity index (χ4n) is 7.52. The van der Waals surface area contributed by atoms with Crippen molar-refractivity contribution < 1.29 is 48.9 Å². The van der Waals surface area contributed by atoms with Gasteiger partial charge in [0.05, 0.1) is 30.9 Å². The lowest BCUT2D eigenvalue weighted by atomic mass is 10.0. The summed E-state index contributed by atoms with van der Waals surface area (Å²) in [6, 6.07) is 15.0. The third-order valence-electron chi connectivity index (χ3n) is 11.7. The normalized spacial score (nSPS) is 15.5. The summed E-state index contributed by atoms with van der Waals surface area (Å²) in [5.41, 5.74) is 14.8. The summed E-state index contributed by atoms with van der Waals surface area (Å²) < 4.78 is 0. The first-order chi connectivity index (χ1) is 34.0. The van der Waals surface area contributed by atoms with Crippen molar-refractivity contribution >= 4 is 77.5 Å². The van der Waals surface area contributed by atoms with Gasteiger partial charge < -0.3 is 69.0 Å². The smallest absolute Gasteiger partial charge is 0.245 e. The number of carbonyl (C=O) groups excluding carboxylic acids is 7. The molecular formula is C49H68N10O10S2. The minimum Gasteiger partial charge on any atom is -0.394 e. The number of hydrogen-bond donors (Lipinski definition) is 15. The Morgan fingerprint density at radius 1 is 0.563 bits per heavy atom. The number of amides is 7. The van der Waals surface area contributed by atoms with Gasteiger partial charge in [-0.2, -0.15) is 25.3 Å². The highest BCUT2D eigenvalue weighted by atomic mass is 32.1. The quantitative estimate of drug-likeness (QED) is 0.0222. The molecule has 15 N–H and O–H groups in total. The lowest BCUT2D eigenvalue weighted by molar-refractivity contribution is -0.136. The Kier molecular flexibility index (Phi) is 23.8. The molecule has 0 radical (unpaired) electrons. The van der Waals surface area contributed by atoms with Gasteiger partial charge in [0.1, 0.15) is 36.3 Å². The molecule has 386 valence electrons. The van der Waals surface area contributed by atoms with Gasteiger partial charge in [-0.1, -0.05) is 78.9 Å². The van der Waals surface area contributed by atoms with Crippen LogP contribution in [0.15, 0.2) is 91.1 Å². The zero-order chi connectivity index (χ0) is 52.0. The molecule has 10 atom stereocenters. The highest BCUT2D eigenvalue weighted by Crippen LogP contribution is 2.20. The molecule has 0 spiro atoms. The van der Waals surface area contributed by atoms with E-state index in [4.69, 9.17) is 11.5 Å². The number of rotatable bonds is 29. The molecule has 3 unspecified atom stereocenters. The predicted molar refractivity (Wildman–Crippen MR) is 275 cm³/mol. The molecule has 4 aromatic rings. The van der Waals surface area contributed by atoms with Crippen molar-refractivity contribution in [3.63, 3.8) is 0 Å². The van der Waals surface area contributed by atoms with E-state index in [0.717, 1.165) is 16.5 Å². The fourth-order valence-corrected chi connectivity index (χ4v) is 8.03. The van der Waals surface area contributed by atoms with Crippen molar-refractivity contribution in [1.82, 2.24) is 42.2 Å². The largest absolute Gasteiger partial charge is 0.394 e. The first-order valence-electron chi connectivity index (χ1n) is 23.4. The van der Waals surface area contributed by atoms with Gasteiger partial charge in [0.15, 0.2) is 0 Å². The van der Waals surface area contributed by atoms with E-state index in [0.29, 0.717) is 24.0 Å². The Morgan fingerprint density at radius 3 is 1.59 bits per heavy atom. The SMILES string of the molecule is CC(O)C(CO)NC(=O)[C@H](CS)NC(=O)[C@@H](NC(=O)[C@H](CCCCN)NC(=O)[C@@H](Cc1c[nH]c2ccccc12)NC(=O)[C@H](Cc1ccccc1)NC(=O)[C@H](CS)NC(=O)[C@H](N)Cc1ccccc1)C(C)O. The molecular weight excluding hydrogens is 953 g/mol. The van der Waals surface area contributed by atoms with Gasteiger partial charge in [-0.05, 0) is 68.8 Å². The molecule has 0 fully saturated rings. The van der Waals surface area contributed by atoms with E-state index in [-0.39, 0.29) is 43.7 Å². The molecule has 7 amide bonds. The second-order valence-electron chi connectivity index (χ2n) is 17.3. The maximum Gasteiger partial charge on any atom is 0.245 e. The minimum absolute atomic E-state index is 0.0127. The molecule has 0 aliphatic rings. The summed E-state index contributed by atoms with van der Waals surface area (Å²) in [5.74, 6) is -5.96. The Hall–Kier alpha value is -6.01. The van der Waals surface area contributed by atoms with Crippen LogP contribution >= 0.6 is 25.3 Å². The summed E-state index contributed by atoms with van der Waals surface area (Å²) in [5, 5.41) is 49.2. The number of aromatic nitrogens is 1. The fraction of sp³-hybridized carbons (Fsp3) is 0.449. The van der Waals surface area contributed by atoms with E-state index >= 15 is 0 Å². The van der Waals surface area contributed by atoms with Crippen molar-refractivity contribution in [3.8, 4) is 0 Å². The van der Waals surface area contributed by atoms with Gasteiger partial charge in [0.25, 0.3) is 0 Å². The number of thiol groups is 2. The minimum atomic E-state index is -1.65. The van der Waals surface area contributed by atoms with Crippen LogP contribution in [0.3, 0.4) is 0 Å². The maximum absolute atomic E-state index is 14.6. The molecule has 0 aliphatic carbocycles. The van der Waals surface area contributed by atoms with Crippen LogP contribution in [-0.2, 0) is 52.8 Å². The lowest BCUT2D eigenvalue weighted by Gasteiger charge is -2.28. The summed E-state index contributed by atoms with van der Waals surface area (Å²) >= 11 is 8.47. The first kappa shape index (κ1) is 57.6. The van der Waals surface area contributed by atoms with E-state index in [1.165, 1.54) is 13.8 Å². The third kappa shape index (κ3) is 18.0. The molecule has 1 heterocycles. The number of para-hydroxylation sites is 1. The third-order valence-corrected chi connectivity index (χ3v) is 12.4. The highest BCUT2D eigenvalue weighted by molar-refractivity contribution is 7.80. The van der Waals surface area contributed by atoms with E-state index in [2.05, 4.69) is 67.5 Å². The Bertz CT molecular complexity index is 2360. The van der Waals surface area contributed by atoms with E-state index in [9.17, 15) is 48.9 Å². The number of nitrogens with one attached hydrogen (secondary N) is 8. The van der Waals surface area contributed by atoms with Gasteiger partial charge in [-0.3, -0.25) is 33.6 Å². The standard InChI is InChI=1S/C49H68N10O10S2/c1-28(61)39(25-60)56-48(68)41(27-71)58-49(69)42(29(2)62)59-44(64)36(19-11-12-20-50)53-46(66)38(23-32-24-52-35-18-10-9-17-33(32)35)55-45(65)37(22-31-15-7-4-8-16-31)54-47(67)40(26-70)57-43(63)34(51)21-30-13-5-3-6-14-30/h3-10,13-18,24,28-29,34,36-42,52,60-62,70-71H,11-12,19-23,25-27,50-51H2,1-2H3,(H,53,66)(H,54,67)(H,55,65)(H,56,68)(H,57,63)(H,58,69)(H,59,64)/t28?,29?,34-,36+,37+,38-,39?,40+,41+,42+/m1/s1. The highest BCUT2D eigenvalue weighted by Gasteiger charge is 2.35. The molecule has 0 aliphatic heterocycles. The number of fused-ring (bicyclic) bond motifs is 1. The summed E-state index contributed by atoms with van der Waals surface area (Å²) in [7, 11) is 0. The van der Waals surface area contributed by atoms with Crippen LogP contribution in [0.5, 0.6) is 0 Å². The molecule has 0 saturated heterocycles. The number of aliphatic hydroxyl groups is 3. The van der Waals surface area contributed by atoms with Crippen molar-refractivity contribution in [2.24, 2.45) is 11.5 Å². The second-order valence-corrected chi connectivity index (χ2v) is 18.0. The predicted octanol–water partition coefficient (Wildman–Crippen LogP) is -1.34. The van der Waals surface area contributed by atoms with E-state index < -0.39 is 108 Å². The number of benzene rings is 3. The number of aliphatic hydroxyl groups excluding tert-OH is 3. The maximum atomic E-state index is 14.6. The van der Waals surface area contributed by atoms with Crippen LogP contribution in [0.4, 0.5) is 0 Å². The Morgan fingerprint density at radius 2 is 1.04 bits per heavy atom. The molecule has 22 heteroatoms. The van der Waals surface area contributed by atoms with Crippen molar-refractivity contribution in [1.29, 1.82) is 0 Å². The summed E-state index contributed by atoms with van der Waals surface area (Å²) in [4.78, 5) is 100. The van der Waals surface area contributed by atoms with E-state index in [1.54, 1.807) is 36.5 Å². The zero-order valence-corrected chi connectivity index (χ0v) is 41.5. The molecule has 20 nitrogen and oxygen atoms in total. The van der Waals surface area contributed by atoms with Crippen molar-refractivity contribution in [2.45, 2.75) is 113 Å². The van der Waals surface area contributed by atoms with Crippen LogP contribution in [-0.4, -0.2) is 147 Å². The van der Waals surface area contributed by atoms with Crippen LogP contribution in [0, 0.1) is 0 Å². The molecule has 4 rings (SSSR count). The number of carbonyl (C=O) groups is 7. The lowest BCUT2D eigenvalue weighted by Crippen LogP contribution is -2.62. The number of unbranched alkanes of at least 4 members (excludes halogenated alkanes) is 1. The van der Waals surface area contributed by atoms with Gasteiger partial charge in [-0.15, -0.1) is 0 Å². The van der Waals surface area contributed by atoms with Crippen LogP contribution in [0.1, 0.15) is 49.8 Å². The topological polar surface area (TPSA) is 332 Å². The molecule has 0 bridgehead atoms. The van der Waals surface area contributed by atoms with Crippen LogP contribution in [0.25, 0.3) is 10.9 Å².